The quantitative estimate of drug-likeness (QED) is 0.795. The number of piperidine rings is 1. The normalized spacial score (nSPS) is 19.8. The van der Waals surface area contributed by atoms with Crippen LogP contribution in [-0.4, -0.2) is 43.5 Å². The molecule has 0 unspecified atom stereocenters. The number of benzene rings is 1. The Balaban J connectivity index is 1.86. The summed E-state index contributed by atoms with van der Waals surface area (Å²) in [4.78, 5) is 27.9. The molecule has 0 saturated carbocycles. The van der Waals surface area contributed by atoms with Gasteiger partial charge in [0.25, 0.3) is 0 Å². The van der Waals surface area contributed by atoms with Crippen molar-refractivity contribution in [3.05, 3.63) is 47.3 Å². The monoisotopic (exact) mass is 386 g/mol. The number of rotatable bonds is 7. The van der Waals surface area contributed by atoms with E-state index in [1.807, 2.05) is 23.6 Å². The molecule has 0 bridgehead atoms. The van der Waals surface area contributed by atoms with Crippen molar-refractivity contribution in [2.45, 2.75) is 25.7 Å². The van der Waals surface area contributed by atoms with E-state index in [1.54, 1.807) is 23.3 Å². The van der Waals surface area contributed by atoms with E-state index in [9.17, 15) is 9.59 Å². The van der Waals surface area contributed by atoms with E-state index in [-0.39, 0.29) is 11.8 Å². The fourth-order valence-electron chi connectivity index (χ4n) is 3.84. The molecule has 2 amide bonds. The molecule has 3 rings (SSSR count). The zero-order chi connectivity index (χ0) is 19.3. The van der Waals surface area contributed by atoms with Gasteiger partial charge in [-0.25, -0.2) is 0 Å². The smallest absolute Gasteiger partial charge is 0.225 e. The first-order valence-corrected chi connectivity index (χ1v) is 10.1. The second-order valence-corrected chi connectivity index (χ2v) is 8.07. The van der Waals surface area contributed by atoms with Crippen molar-refractivity contribution < 1.29 is 14.3 Å². The number of hydrogen-bond donors (Lipinski definition) is 1. The molecular weight excluding hydrogens is 360 g/mol. The fraction of sp³-hybridized carbons (Fsp3) is 0.429. The number of ether oxygens (including phenoxy) is 1. The van der Waals surface area contributed by atoms with Crippen LogP contribution in [0.2, 0.25) is 0 Å². The highest BCUT2D eigenvalue weighted by Crippen LogP contribution is 2.37. The second-order valence-electron chi connectivity index (χ2n) is 7.12. The molecule has 0 aliphatic carbocycles. The van der Waals surface area contributed by atoms with E-state index >= 15 is 0 Å². The average molecular weight is 387 g/mol. The van der Waals surface area contributed by atoms with E-state index in [2.05, 4.69) is 18.2 Å². The summed E-state index contributed by atoms with van der Waals surface area (Å²) in [7, 11) is 1.58. The number of nitrogens with zero attached hydrogens (tertiary/aromatic N) is 1. The molecule has 6 heteroatoms. The van der Waals surface area contributed by atoms with E-state index in [1.165, 1.54) is 4.88 Å². The number of hydrogen-bond acceptors (Lipinski definition) is 4. The molecule has 0 spiro atoms. The van der Waals surface area contributed by atoms with Gasteiger partial charge >= 0.3 is 0 Å². The maximum absolute atomic E-state index is 12.5. The van der Waals surface area contributed by atoms with Gasteiger partial charge in [-0.2, -0.15) is 0 Å². The largest absolute Gasteiger partial charge is 0.384 e. The van der Waals surface area contributed by atoms with Gasteiger partial charge in [0.15, 0.2) is 0 Å². The number of nitrogens with two attached hydrogens (primary N) is 1. The minimum atomic E-state index is -0.728. The molecule has 2 heterocycles. The van der Waals surface area contributed by atoms with E-state index in [4.69, 9.17) is 10.5 Å². The van der Waals surface area contributed by atoms with Gasteiger partial charge in [0.1, 0.15) is 0 Å². The Kier molecular flexibility index (Phi) is 6.29. The van der Waals surface area contributed by atoms with Crippen molar-refractivity contribution in [2.75, 3.05) is 26.8 Å². The van der Waals surface area contributed by atoms with Crippen LogP contribution in [0.4, 0.5) is 0 Å². The van der Waals surface area contributed by atoms with Crippen LogP contribution < -0.4 is 5.73 Å². The van der Waals surface area contributed by atoms with Gasteiger partial charge in [0, 0.05) is 25.1 Å². The molecule has 1 aliphatic rings. The first-order valence-electron chi connectivity index (χ1n) is 9.24. The summed E-state index contributed by atoms with van der Waals surface area (Å²) in [5.74, 6) is -0.304. The second kappa shape index (κ2) is 8.67. The van der Waals surface area contributed by atoms with Crippen LogP contribution in [0, 0.1) is 5.41 Å². The third-order valence-electron chi connectivity index (χ3n) is 5.31. The highest BCUT2D eigenvalue weighted by Gasteiger charge is 2.42. The van der Waals surface area contributed by atoms with Gasteiger partial charge in [-0.15, -0.1) is 11.3 Å². The Labute approximate surface area is 164 Å². The Morgan fingerprint density at radius 3 is 2.78 bits per heavy atom. The number of methoxy groups -OCH3 is 1. The number of likely N-dealkylation sites (tertiary alicyclic amines) is 1. The Bertz CT molecular complexity index is 790. The van der Waals surface area contributed by atoms with Gasteiger partial charge in [-0.1, -0.05) is 30.3 Å². The summed E-state index contributed by atoms with van der Waals surface area (Å²) < 4.78 is 5.02. The first-order chi connectivity index (χ1) is 13.1. The molecule has 1 fully saturated rings. The molecule has 1 aromatic heterocycles. The molecule has 0 radical (unpaired) electrons. The van der Waals surface area contributed by atoms with Crippen molar-refractivity contribution in [2.24, 2.45) is 11.1 Å². The fourth-order valence-corrected chi connectivity index (χ4v) is 4.62. The van der Waals surface area contributed by atoms with Gasteiger partial charge < -0.3 is 15.4 Å². The lowest BCUT2D eigenvalue weighted by Crippen LogP contribution is -2.53. The highest BCUT2D eigenvalue weighted by molar-refractivity contribution is 7.13. The van der Waals surface area contributed by atoms with Gasteiger partial charge in [0.2, 0.25) is 11.8 Å². The minimum Gasteiger partial charge on any atom is -0.384 e. The molecule has 27 heavy (non-hydrogen) atoms. The van der Waals surface area contributed by atoms with Crippen LogP contribution in [0.15, 0.2) is 41.8 Å². The van der Waals surface area contributed by atoms with Crippen LogP contribution in [0.25, 0.3) is 10.4 Å². The summed E-state index contributed by atoms with van der Waals surface area (Å²) >= 11 is 1.68. The third kappa shape index (κ3) is 4.39. The van der Waals surface area contributed by atoms with Gasteiger partial charge in [-0.3, -0.25) is 9.59 Å². The van der Waals surface area contributed by atoms with Gasteiger partial charge in [0.05, 0.1) is 18.4 Å². The van der Waals surface area contributed by atoms with E-state index in [0.29, 0.717) is 39.0 Å². The van der Waals surface area contributed by atoms with Crippen molar-refractivity contribution in [1.29, 1.82) is 0 Å². The molecule has 144 valence electrons. The Hall–Kier alpha value is -2.18. The average Bonchev–Trinajstić information content (AvgIpc) is 3.21. The number of carbonyl (C=O) groups is 2. The van der Waals surface area contributed by atoms with E-state index < -0.39 is 5.41 Å². The van der Waals surface area contributed by atoms with Crippen LogP contribution in [-0.2, 0) is 20.7 Å². The summed E-state index contributed by atoms with van der Waals surface area (Å²) in [5.41, 5.74) is 7.39. The molecule has 2 aromatic rings. The number of carbonyl (C=O) groups excluding carboxylic acids is 2. The lowest BCUT2D eigenvalue weighted by Gasteiger charge is -2.41. The summed E-state index contributed by atoms with van der Waals surface area (Å²) in [6.07, 6.45) is 2.36. The lowest BCUT2D eigenvalue weighted by atomic mass is 9.73. The number of thiophene rings is 1. The minimum absolute atomic E-state index is 0.0220. The van der Waals surface area contributed by atoms with Crippen LogP contribution >= 0.6 is 11.3 Å². The zero-order valence-electron chi connectivity index (χ0n) is 15.6. The van der Waals surface area contributed by atoms with Crippen LogP contribution in [0.1, 0.15) is 24.8 Å². The van der Waals surface area contributed by atoms with Gasteiger partial charge in [-0.05, 0) is 41.8 Å². The molecule has 1 aliphatic heterocycles. The summed E-state index contributed by atoms with van der Waals surface area (Å²) in [5, 5.41) is 2.05. The van der Waals surface area contributed by atoms with Crippen LogP contribution in [0.3, 0.4) is 0 Å². The standard InChI is InChI=1S/C21H26N2O3S/c1-26-12-9-19(24)23-11-5-10-21(15-23,20(22)25)14-16-6-2-3-7-17(16)18-8-4-13-27-18/h2-4,6-8,13H,5,9-12,14-15H2,1H3,(H2,22,25)/t21-/m0/s1. The van der Waals surface area contributed by atoms with E-state index in [0.717, 1.165) is 17.5 Å². The SMILES string of the molecule is COCCC(=O)N1CCC[C@@](Cc2ccccc2-c2cccs2)(C(N)=O)C1. The van der Waals surface area contributed by atoms with Crippen molar-refractivity contribution >= 4 is 23.2 Å². The van der Waals surface area contributed by atoms with Crippen molar-refractivity contribution in [1.82, 2.24) is 4.90 Å². The summed E-state index contributed by atoms with van der Waals surface area (Å²) in [6, 6.07) is 12.3. The van der Waals surface area contributed by atoms with Crippen LogP contribution in [0.5, 0.6) is 0 Å². The maximum Gasteiger partial charge on any atom is 0.225 e. The highest BCUT2D eigenvalue weighted by atomic mass is 32.1. The predicted molar refractivity (Wildman–Crippen MR) is 107 cm³/mol. The number of amides is 2. The lowest BCUT2D eigenvalue weighted by molar-refractivity contribution is -0.140. The topological polar surface area (TPSA) is 72.6 Å². The molecule has 2 N–H and O–H groups in total. The maximum atomic E-state index is 12.5. The zero-order valence-corrected chi connectivity index (χ0v) is 16.5. The van der Waals surface area contributed by atoms with Crippen molar-refractivity contribution in [3.8, 4) is 10.4 Å². The Morgan fingerprint density at radius 1 is 1.26 bits per heavy atom. The Morgan fingerprint density at radius 2 is 2.07 bits per heavy atom. The number of primary amides is 1. The molecule has 5 nitrogen and oxygen atoms in total. The molecule has 1 aromatic carbocycles. The molecule has 1 atom stereocenters. The van der Waals surface area contributed by atoms with Crippen molar-refractivity contribution in [3.63, 3.8) is 0 Å². The predicted octanol–water partition coefficient (Wildman–Crippen LogP) is 3.09. The molecular formula is C21H26N2O3S. The molecule has 1 saturated heterocycles. The summed E-state index contributed by atoms with van der Waals surface area (Å²) in [6.45, 7) is 1.44. The third-order valence-corrected chi connectivity index (χ3v) is 6.21. The first kappa shape index (κ1) is 19.6.